The second-order valence-corrected chi connectivity index (χ2v) is 11.1. The molecule has 3 aromatic carbocycles. The Kier molecular flexibility index (Phi) is 6.81. The molecule has 0 saturated heterocycles. The molecule has 37 heavy (non-hydrogen) atoms. The fourth-order valence-electron chi connectivity index (χ4n) is 4.40. The summed E-state index contributed by atoms with van der Waals surface area (Å²) in [6, 6.07) is 16.9. The highest BCUT2D eigenvalue weighted by Crippen LogP contribution is 2.40. The van der Waals surface area contributed by atoms with Gasteiger partial charge in [-0.1, -0.05) is 18.2 Å². The number of hydrogen-bond acceptors (Lipinski definition) is 5. The lowest BCUT2D eigenvalue weighted by Gasteiger charge is -2.41. The van der Waals surface area contributed by atoms with E-state index in [0.717, 1.165) is 17.4 Å². The van der Waals surface area contributed by atoms with Crippen molar-refractivity contribution in [2.75, 3.05) is 22.6 Å². The second kappa shape index (κ2) is 9.59. The summed E-state index contributed by atoms with van der Waals surface area (Å²) in [5.74, 6) is -0.608. The van der Waals surface area contributed by atoms with E-state index in [-0.39, 0.29) is 40.6 Å². The lowest BCUT2D eigenvalue weighted by Crippen LogP contribution is -2.51. The Balaban J connectivity index is 1.74. The van der Waals surface area contributed by atoms with Gasteiger partial charge in [0.1, 0.15) is 5.75 Å². The summed E-state index contributed by atoms with van der Waals surface area (Å²) in [7, 11) is -3.35. The number of hydrogen-bond donors (Lipinski definition) is 0. The zero-order valence-electron chi connectivity index (χ0n) is 20.7. The van der Waals surface area contributed by atoms with Crippen LogP contribution in [-0.4, -0.2) is 45.2 Å². The average Bonchev–Trinajstić information content (AvgIpc) is 2.81. The minimum Gasteiger partial charge on any atom is -0.433 e. The topological polar surface area (TPSA) is 84.0 Å². The van der Waals surface area contributed by atoms with E-state index in [1.165, 1.54) is 43.3 Å². The maximum absolute atomic E-state index is 13.6. The third kappa shape index (κ3) is 5.64. The Labute approximate surface area is 214 Å². The first-order valence-electron chi connectivity index (χ1n) is 11.5. The summed E-state index contributed by atoms with van der Waals surface area (Å²) in [6.07, 6.45) is -2.22. The van der Waals surface area contributed by atoms with Gasteiger partial charge in [0.25, 0.3) is 5.91 Å². The smallest absolute Gasteiger partial charge is 0.394 e. The van der Waals surface area contributed by atoms with Crippen LogP contribution in [0.25, 0.3) is 11.1 Å². The molecule has 1 heterocycles. The van der Waals surface area contributed by atoms with Crippen molar-refractivity contribution in [2.24, 2.45) is 0 Å². The summed E-state index contributed by atoms with van der Waals surface area (Å²) in [6.45, 7) is 4.14. The van der Waals surface area contributed by atoms with Crippen molar-refractivity contribution < 1.29 is 31.5 Å². The molecule has 0 saturated carbocycles. The zero-order chi connectivity index (χ0) is 27.1. The highest BCUT2D eigenvalue weighted by Gasteiger charge is 2.34. The fraction of sp³-hybridized carbons (Fsp3) is 0.259. The van der Waals surface area contributed by atoms with Crippen LogP contribution in [0, 0.1) is 0 Å². The number of rotatable bonds is 5. The van der Waals surface area contributed by atoms with Gasteiger partial charge in [0.15, 0.2) is 9.84 Å². The van der Waals surface area contributed by atoms with Crippen LogP contribution in [-0.2, 0) is 14.6 Å². The molecule has 1 aliphatic heterocycles. The van der Waals surface area contributed by atoms with Gasteiger partial charge in [-0.3, -0.25) is 9.59 Å². The molecule has 0 unspecified atom stereocenters. The monoisotopic (exact) mass is 528 g/mol. The average molecular weight is 529 g/mol. The molecule has 0 N–H and O–H groups in total. The molecule has 0 radical (unpaired) electrons. The first-order valence-corrected chi connectivity index (χ1v) is 13.4. The number of sulfone groups is 1. The summed E-state index contributed by atoms with van der Waals surface area (Å²) in [5, 5.41) is 0. The Morgan fingerprint density at radius 3 is 2.08 bits per heavy atom. The maximum atomic E-state index is 13.6. The second-order valence-electron chi connectivity index (χ2n) is 9.09. The number of carbonyl (C=O) groups excluding carboxylic acids is 2. The van der Waals surface area contributed by atoms with Crippen molar-refractivity contribution in [3.05, 3.63) is 72.3 Å². The van der Waals surface area contributed by atoms with Crippen LogP contribution in [0.15, 0.2) is 71.6 Å². The summed E-state index contributed by atoms with van der Waals surface area (Å²) in [5.41, 5.74) is 2.79. The summed E-state index contributed by atoms with van der Waals surface area (Å²) < 4.78 is 54.5. The van der Waals surface area contributed by atoms with Gasteiger partial charge < -0.3 is 14.5 Å². The van der Waals surface area contributed by atoms with Gasteiger partial charge in [0, 0.05) is 32.2 Å². The van der Waals surface area contributed by atoms with Crippen LogP contribution in [0.2, 0.25) is 0 Å². The molecule has 1 aliphatic rings. The van der Waals surface area contributed by atoms with E-state index < -0.39 is 15.9 Å². The van der Waals surface area contributed by atoms with E-state index in [0.29, 0.717) is 18.3 Å². The van der Waals surface area contributed by atoms with E-state index in [2.05, 4.69) is 4.74 Å². The number of amides is 2. The van der Waals surface area contributed by atoms with Gasteiger partial charge in [-0.15, -0.1) is 0 Å². The molecule has 10 heteroatoms. The van der Waals surface area contributed by atoms with Crippen LogP contribution in [0.5, 0.6) is 5.75 Å². The van der Waals surface area contributed by atoms with Crippen molar-refractivity contribution in [2.45, 2.75) is 37.8 Å². The Bertz CT molecular complexity index is 1450. The van der Waals surface area contributed by atoms with Crippen molar-refractivity contribution in [1.29, 1.82) is 0 Å². The predicted octanol–water partition coefficient (Wildman–Crippen LogP) is 5.15. The quantitative estimate of drug-likeness (QED) is 0.457. The maximum Gasteiger partial charge on any atom is 0.394 e. The fourth-order valence-corrected chi connectivity index (χ4v) is 5.03. The van der Waals surface area contributed by atoms with Gasteiger partial charge in [0.2, 0.25) is 5.91 Å². The van der Waals surface area contributed by atoms with Gasteiger partial charge in [-0.25, -0.2) is 8.42 Å². The number of benzene rings is 3. The molecule has 1 atom stereocenters. The SMILES string of the molecule is CC(=O)N1c2ccc(-c3ccc(S(C)(=O)=O)cc3)cc2N(C(=O)c2ccc(OC(C)(F)F)cc2)C[C@@H]1C. The first kappa shape index (κ1) is 26.3. The molecule has 7 nitrogen and oxygen atoms in total. The van der Waals surface area contributed by atoms with Crippen LogP contribution in [0.4, 0.5) is 20.2 Å². The third-order valence-electron chi connectivity index (χ3n) is 6.01. The molecule has 0 spiro atoms. The summed E-state index contributed by atoms with van der Waals surface area (Å²) >= 11 is 0. The Morgan fingerprint density at radius 1 is 0.946 bits per heavy atom. The van der Waals surface area contributed by atoms with Crippen LogP contribution < -0.4 is 14.5 Å². The van der Waals surface area contributed by atoms with Crippen molar-refractivity contribution in [1.82, 2.24) is 0 Å². The normalized spacial score (nSPS) is 15.8. The summed E-state index contributed by atoms with van der Waals surface area (Å²) in [4.78, 5) is 29.4. The van der Waals surface area contributed by atoms with E-state index in [1.54, 1.807) is 34.1 Å². The lowest BCUT2D eigenvalue weighted by atomic mass is 10.00. The number of fused-ring (bicyclic) bond motifs is 1. The van der Waals surface area contributed by atoms with Crippen LogP contribution in [0.1, 0.15) is 31.1 Å². The van der Waals surface area contributed by atoms with Crippen molar-refractivity contribution in [3.8, 4) is 16.9 Å². The number of nitrogens with zero attached hydrogens (tertiary/aromatic N) is 2. The number of halogens is 2. The molecule has 0 aromatic heterocycles. The number of alkyl halides is 2. The minimum atomic E-state index is -3.35. The van der Waals surface area contributed by atoms with Gasteiger partial charge in [-0.2, -0.15) is 8.78 Å². The minimum absolute atomic E-state index is 0.0703. The van der Waals surface area contributed by atoms with Gasteiger partial charge >= 0.3 is 6.11 Å². The molecule has 0 fully saturated rings. The standard InChI is InChI=1S/C27H26F2N2O5S/c1-17-16-30(26(33)20-5-10-22(11-6-20)36-27(3,28)29)25-15-21(9-14-24(25)31(17)18(2)32)19-7-12-23(13-8-19)37(4,34)35/h5-15,17H,16H2,1-4H3/t17-/m0/s1. The van der Waals surface area contributed by atoms with Crippen molar-refractivity contribution >= 4 is 33.0 Å². The number of carbonyl (C=O) groups is 2. The Morgan fingerprint density at radius 2 is 1.54 bits per heavy atom. The Hall–Kier alpha value is -3.79. The molecule has 2 amide bonds. The molecule has 0 aliphatic carbocycles. The third-order valence-corrected chi connectivity index (χ3v) is 7.14. The van der Waals surface area contributed by atoms with Gasteiger partial charge in [-0.05, 0) is 66.6 Å². The molecule has 4 rings (SSSR count). The van der Waals surface area contributed by atoms with Crippen LogP contribution >= 0.6 is 0 Å². The first-order chi connectivity index (χ1) is 17.2. The van der Waals surface area contributed by atoms with E-state index >= 15 is 0 Å². The largest absolute Gasteiger partial charge is 0.433 e. The number of anilines is 2. The van der Waals surface area contributed by atoms with Crippen molar-refractivity contribution in [3.63, 3.8) is 0 Å². The molecule has 0 bridgehead atoms. The number of ether oxygens (including phenoxy) is 1. The van der Waals surface area contributed by atoms with E-state index in [9.17, 15) is 26.8 Å². The molecule has 3 aromatic rings. The van der Waals surface area contributed by atoms with E-state index in [4.69, 9.17) is 0 Å². The highest BCUT2D eigenvalue weighted by atomic mass is 32.2. The van der Waals surface area contributed by atoms with Gasteiger partial charge in [0.05, 0.1) is 22.3 Å². The van der Waals surface area contributed by atoms with E-state index in [1.807, 2.05) is 13.0 Å². The zero-order valence-corrected chi connectivity index (χ0v) is 21.6. The molecular weight excluding hydrogens is 502 g/mol. The molecule has 194 valence electrons. The lowest BCUT2D eigenvalue weighted by molar-refractivity contribution is -0.158. The van der Waals surface area contributed by atoms with Crippen LogP contribution in [0.3, 0.4) is 0 Å². The molecular formula is C27H26F2N2O5S. The highest BCUT2D eigenvalue weighted by molar-refractivity contribution is 7.90. The predicted molar refractivity (Wildman–Crippen MR) is 137 cm³/mol.